The monoisotopic (exact) mass is 312 g/mol. The molecule has 1 heterocycles. The summed E-state index contributed by atoms with van der Waals surface area (Å²) in [6, 6.07) is 6.62. The Hall–Kier alpha value is -0.580. The number of nitrogens with one attached hydrogen (secondary N) is 1. The number of nitrogens with zero attached hydrogens (tertiary/aromatic N) is 1. The van der Waals surface area contributed by atoms with Gasteiger partial charge in [-0.1, -0.05) is 15.9 Å². The van der Waals surface area contributed by atoms with Crippen LogP contribution in [0, 0.1) is 0 Å². The molecule has 18 heavy (non-hydrogen) atoms. The Labute approximate surface area is 118 Å². The van der Waals surface area contributed by atoms with Crippen LogP contribution in [-0.4, -0.2) is 38.2 Å². The third-order valence-corrected chi connectivity index (χ3v) is 4.06. The van der Waals surface area contributed by atoms with Gasteiger partial charge in [-0.05, 0) is 44.6 Å². The largest absolute Gasteiger partial charge is 0.496 e. The van der Waals surface area contributed by atoms with Crippen LogP contribution >= 0.6 is 15.9 Å². The highest BCUT2D eigenvalue weighted by atomic mass is 79.9. The van der Waals surface area contributed by atoms with Gasteiger partial charge in [0, 0.05) is 29.2 Å². The van der Waals surface area contributed by atoms with Crippen molar-refractivity contribution in [1.29, 1.82) is 0 Å². The zero-order valence-electron chi connectivity index (χ0n) is 11.1. The molecule has 1 N–H and O–H groups in total. The quantitative estimate of drug-likeness (QED) is 0.929. The predicted molar refractivity (Wildman–Crippen MR) is 78.2 cm³/mol. The Morgan fingerprint density at radius 2 is 2.17 bits per heavy atom. The van der Waals surface area contributed by atoms with Gasteiger partial charge in [-0.3, -0.25) is 4.90 Å². The van der Waals surface area contributed by atoms with E-state index in [4.69, 9.17) is 4.74 Å². The van der Waals surface area contributed by atoms with Crippen LogP contribution in [0.2, 0.25) is 0 Å². The molecule has 0 spiro atoms. The number of ether oxygens (including phenoxy) is 1. The van der Waals surface area contributed by atoms with Crippen molar-refractivity contribution in [1.82, 2.24) is 10.2 Å². The Morgan fingerprint density at radius 1 is 1.33 bits per heavy atom. The van der Waals surface area contributed by atoms with Crippen molar-refractivity contribution < 1.29 is 4.74 Å². The maximum absolute atomic E-state index is 5.48. The van der Waals surface area contributed by atoms with Crippen molar-refractivity contribution in [3.05, 3.63) is 28.2 Å². The van der Waals surface area contributed by atoms with Gasteiger partial charge in [0.25, 0.3) is 0 Å². The fraction of sp³-hybridized carbons (Fsp3) is 0.571. The number of methoxy groups -OCH3 is 1. The third kappa shape index (κ3) is 3.25. The van der Waals surface area contributed by atoms with E-state index in [9.17, 15) is 0 Å². The highest BCUT2D eigenvalue weighted by Crippen LogP contribution is 2.31. The normalized spacial score (nSPS) is 19.3. The van der Waals surface area contributed by atoms with Gasteiger partial charge in [0.1, 0.15) is 5.75 Å². The number of rotatable bonds is 3. The van der Waals surface area contributed by atoms with Gasteiger partial charge in [-0.25, -0.2) is 0 Å². The van der Waals surface area contributed by atoms with Crippen LogP contribution in [0.4, 0.5) is 0 Å². The standard InChI is InChI=1S/C14H21BrN2O/c1-11(17-8-3-6-16-7-9-17)13-10-12(15)4-5-14(13)18-2/h4-5,10-11,16H,3,6-9H2,1-2H3. The minimum atomic E-state index is 0.386. The molecule has 1 aromatic rings. The fourth-order valence-electron chi connectivity index (χ4n) is 2.48. The lowest BCUT2D eigenvalue weighted by atomic mass is 10.1. The first-order valence-electron chi connectivity index (χ1n) is 6.50. The van der Waals surface area contributed by atoms with E-state index in [-0.39, 0.29) is 0 Å². The molecular formula is C14H21BrN2O. The van der Waals surface area contributed by atoms with E-state index < -0.39 is 0 Å². The lowest BCUT2D eigenvalue weighted by molar-refractivity contribution is 0.221. The Kier molecular flexibility index (Phi) is 5.03. The van der Waals surface area contributed by atoms with Crippen LogP contribution in [0.5, 0.6) is 5.75 Å². The average molecular weight is 313 g/mol. The van der Waals surface area contributed by atoms with Crippen molar-refractivity contribution in [2.45, 2.75) is 19.4 Å². The topological polar surface area (TPSA) is 24.5 Å². The molecular weight excluding hydrogens is 292 g/mol. The molecule has 1 fully saturated rings. The number of benzene rings is 1. The summed E-state index contributed by atoms with van der Waals surface area (Å²) in [5.74, 6) is 0.975. The highest BCUT2D eigenvalue weighted by Gasteiger charge is 2.20. The van der Waals surface area contributed by atoms with Crippen molar-refractivity contribution >= 4 is 15.9 Å². The SMILES string of the molecule is COc1ccc(Br)cc1C(C)N1CCCNCC1. The van der Waals surface area contributed by atoms with Gasteiger partial charge in [0.05, 0.1) is 7.11 Å². The van der Waals surface area contributed by atoms with Gasteiger partial charge in [-0.15, -0.1) is 0 Å². The fourth-order valence-corrected chi connectivity index (χ4v) is 2.86. The van der Waals surface area contributed by atoms with Crippen LogP contribution in [0.1, 0.15) is 24.9 Å². The average Bonchev–Trinajstić information content (AvgIpc) is 2.66. The first-order chi connectivity index (χ1) is 8.72. The number of hydrogen-bond acceptors (Lipinski definition) is 3. The van der Waals surface area contributed by atoms with Crippen LogP contribution in [0.25, 0.3) is 0 Å². The van der Waals surface area contributed by atoms with Crippen LogP contribution in [0.15, 0.2) is 22.7 Å². The lowest BCUT2D eigenvalue weighted by Gasteiger charge is -2.28. The molecule has 0 radical (unpaired) electrons. The summed E-state index contributed by atoms with van der Waals surface area (Å²) in [6.45, 7) is 6.69. The predicted octanol–water partition coefficient (Wildman–Crippen LogP) is 2.81. The molecule has 1 atom stereocenters. The molecule has 0 aliphatic carbocycles. The maximum atomic E-state index is 5.48. The van der Waals surface area contributed by atoms with Gasteiger partial charge in [0.15, 0.2) is 0 Å². The second-order valence-electron chi connectivity index (χ2n) is 4.70. The third-order valence-electron chi connectivity index (χ3n) is 3.56. The van der Waals surface area contributed by atoms with E-state index in [2.05, 4.69) is 39.1 Å². The molecule has 1 aromatic carbocycles. The summed E-state index contributed by atoms with van der Waals surface area (Å²) < 4.78 is 6.59. The van der Waals surface area contributed by atoms with E-state index in [0.717, 1.165) is 36.4 Å². The molecule has 1 aliphatic rings. The Balaban J connectivity index is 2.20. The molecule has 0 bridgehead atoms. The van der Waals surface area contributed by atoms with Crippen molar-refractivity contribution in [3.8, 4) is 5.75 Å². The number of hydrogen-bond donors (Lipinski definition) is 1. The number of halogens is 1. The summed E-state index contributed by atoms with van der Waals surface area (Å²) in [7, 11) is 1.74. The van der Waals surface area contributed by atoms with Gasteiger partial charge in [-0.2, -0.15) is 0 Å². The minimum Gasteiger partial charge on any atom is -0.496 e. The Bertz CT molecular complexity index is 389. The molecule has 4 heteroatoms. The molecule has 100 valence electrons. The molecule has 2 rings (SSSR count). The van der Waals surface area contributed by atoms with Crippen LogP contribution in [0.3, 0.4) is 0 Å². The summed E-state index contributed by atoms with van der Waals surface area (Å²) in [5.41, 5.74) is 1.26. The van der Waals surface area contributed by atoms with Crippen molar-refractivity contribution in [2.75, 3.05) is 33.3 Å². The summed E-state index contributed by atoms with van der Waals surface area (Å²) >= 11 is 3.55. The molecule has 0 aromatic heterocycles. The second kappa shape index (κ2) is 6.55. The van der Waals surface area contributed by atoms with E-state index in [0.29, 0.717) is 6.04 Å². The van der Waals surface area contributed by atoms with Crippen LogP contribution in [-0.2, 0) is 0 Å². The lowest BCUT2D eigenvalue weighted by Crippen LogP contribution is -2.31. The summed E-state index contributed by atoms with van der Waals surface area (Å²) in [4.78, 5) is 2.52. The molecule has 1 saturated heterocycles. The van der Waals surface area contributed by atoms with Gasteiger partial charge >= 0.3 is 0 Å². The van der Waals surface area contributed by atoms with E-state index in [1.807, 2.05) is 12.1 Å². The zero-order chi connectivity index (χ0) is 13.0. The van der Waals surface area contributed by atoms with Gasteiger partial charge < -0.3 is 10.1 Å². The Morgan fingerprint density at radius 3 is 2.94 bits per heavy atom. The highest BCUT2D eigenvalue weighted by molar-refractivity contribution is 9.10. The summed E-state index contributed by atoms with van der Waals surface area (Å²) in [6.07, 6.45) is 1.21. The van der Waals surface area contributed by atoms with E-state index >= 15 is 0 Å². The van der Waals surface area contributed by atoms with E-state index in [1.165, 1.54) is 12.0 Å². The molecule has 1 aliphatic heterocycles. The molecule has 0 amide bonds. The molecule has 0 saturated carbocycles. The molecule has 3 nitrogen and oxygen atoms in total. The first-order valence-corrected chi connectivity index (χ1v) is 7.30. The van der Waals surface area contributed by atoms with Crippen LogP contribution < -0.4 is 10.1 Å². The van der Waals surface area contributed by atoms with Crippen molar-refractivity contribution in [2.24, 2.45) is 0 Å². The van der Waals surface area contributed by atoms with E-state index in [1.54, 1.807) is 7.11 Å². The smallest absolute Gasteiger partial charge is 0.123 e. The molecule has 1 unspecified atom stereocenters. The van der Waals surface area contributed by atoms with Crippen molar-refractivity contribution in [3.63, 3.8) is 0 Å². The zero-order valence-corrected chi connectivity index (χ0v) is 12.7. The van der Waals surface area contributed by atoms with Gasteiger partial charge in [0.2, 0.25) is 0 Å². The first kappa shape index (κ1) is 13.8. The minimum absolute atomic E-state index is 0.386. The second-order valence-corrected chi connectivity index (χ2v) is 5.62. The summed E-state index contributed by atoms with van der Waals surface area (Å²) in [5, 5.41) is 3.44. The maximum Gasteiger partial charge on any atom is 0.123 e.